The van der Waals surface area contributed by atoms with Crippen LogP contribution in [0.2, 0.25) is 0 Å². The molecule has 0 aliphatic rings. The van der Waals surface area contributed by atoms with Gasteiger partial charge in [0.15, 0.2) is 0 Å². The van der Waals surface area contributed by atoms with Crippen LogP contribution in [0.5, 0.6) is 0 Å². The number of benzene rings is 11. The Hall–Kier alpha value is -6.50. The van der Waals surface area contributed by atoms with E-state index < -0.39 is 0 Å². The van der Waals surface area contributed by atoms with E-state index >= 15 is 0 Å². The van der Waals surface area contributed by atoms with Crippen molar-refractivity contribution in [3.8, 4) is 22.3 Å². The largest absolute Gasteiger partial charge is 0.0616 e. The Kier molecular flexibility index (Phi) is 5.76. The van der Waals surface area contributed by atoms with Crippen LogP contribution in [0.4, 0.5) is 0 Å². The molecule has 0 bridgehead atoms. The minimum Gasteiger partial charge on any atom is -0.0616 e. The van der Waals surface area contributed by atoms with Gasteiger partial charge < -0.3 is 0 Å². The molecule has 0 aliphatic heterocycles. The Morgan fingerprint density at radius 3 is 0.920 bits per heavy atom. The maximum Gasteiger partial charge on any atom is -0.00201 e. The summed E-state index contributed by atoms with van der Waals surface area (Å²) in [5.41, 5.74) is 5.13. The number of hydrogen-bond acceptors (Lipinski definition) is 0. The third kappa shape index (κ3) is 3.94. The van der Waals surface area contributed by atoms with Crippen LogP contribution in [0.3, 0.4) is 0 Å². The van der Waals surface area contributed by atoms with Crippen molar-refractivity contribution < 1.29 is 0 Å². The molecule has 0 radical (unpaired) electrons. The first-order valence-electron chi connectivity index (χ1n) is 17.4. The van der Waals surface area contributed by atoms with Crippen LogP contribution in [0.15, 0.2) is 182 Å². The van der Waals surface area contributed by atoms with E-state index in [1.807, 2.05) is 0 Å². The van der Waals surface area contributed by atoms with Crippen molar-refractivity contribution >= 4 is 86.2 Å². The second-order valence-corrected chi connectivity index (χ2v) is 13.6. The number of rotatable bonds is 2. The van der Waals surface area contributed by atoms with Crippen LogP contribution in [-0.4, -0.2) is 0 Å². The zero-order chi connectivity index (χ0) is 32.8. The molecule has 0 aliphatic carbocycles. The van der Waals surface area contributed by atoms with Gasteiger partial charge in [0.25, 0.3) is 0 Å². The molecule has 0 saturated carbocycles. The van der Waals surface area contributed by atoms with Crippen LogP contribution in [0.1, 0.15) is 0 Å². The van der Waals surface area contributed by atoms with Crippen LogP contribution in [0.25, 0.3) is 108 Å². The molecule has 50 heavy (non-hydrogen) atoms. The molecule has 0 N–H and O–H groups in total. The third-order valence-corrected chi connectivity index (χ3v) is 11.0. The van der Waals surface area contributed by atoms with Gasteiger partial charge in [0.2, 0.25) is 0 Å². The smallest absolute Gasteiger partial charge is 0.00201 e. The van der Waals surface area contributed by atoms with Crippen LogP contribution in [0, 0.1) is 0 Å². The van der Waals surface area contributed by atoms with E-state index in [-0.39, 0.29) is 0 Å². The molecule has 0 heterocycles. The molecule has 11 aromatic carbocycles. The summed E-state index contributed by atoms with van der Waals surface area (Å²) in [5.74, 6) is 0. The summed E-state index contributed by atoms with van der Waals surface area (Å²) in [6.45, 7) is 0. The summed E-state index contributed by atoms with van der Waals surface area (Å²) in [6.07, 6.45) is 0. The van der Waals surface area contributed by atoms with Crippen LogP contribution >= 0.6 is 0 Å². The second-order valence-electron chi connectivity index (χ2n) is 13.6. The summed E-state index contributed by atoms with van der Waals surface area (Å²) in [5, 5.41) is 20.4. The Labute approximate surface area is 289 Å². The van der Waals surface area contributed by atoms with Crippen molar-refractivity contribution in [3.05, 3.63) is 182 Å². The fourth-order valence-corrected chi connectivity index (χ4v) is 8.71. The molecule has 0 nitrogen and oxygen atoms in total. The number of hydrogen-bond donors (Lipinski definition) is 0. The summed E-state index contributed by atoms with van der Waals surface area (Å²) < 4.78 is 0. The summed E-state index contributed by atoms with van der Waals surface area (Å²) >= 11 is 0. The zero-order valence-corrected chi connectivity index (χ0v) is 27.3. The van der Waals surface area contributed by atoms with E-state index in [0.29, 0.717) is 0 Å². The molecule has 0 aromatic heterocycles. The summed E-state index contributed by atoms with van der Waals surface area (Å²) in [7, 11) is 0. The minimum atomic E-state index is 1.26. The molecule has 0 fully saturated rings. The van der Waals surface area contributed by atoms with E-state index in [1.54, 1.807) is 0 Å². The van der Waals surface area contributed by atoms with Gasteiger partial charge in [-0.1, -0.05) is 158 Å². The van der Waals surface area contributed by atoms with Gasteiger partial charge in [-0.25, -0.2) is 0 Å². The lowest BCUT2D eigenvalue weighted by Crippen LogP contribution is -1.92. The predicted molar refractivity (Wildman–Crippen MR) is 217 cm³/mol. The zero-order valence-electron chi connectivity index (χ0n) is 27.3. The first-order chi connectivity index (χ1) is 24.8. The molecule has 11 rings (SSSR count). The predicted octanol–water partition coefficient (Wildman–Crippen LogP) is 14.2. The van der Waals surface area contributed by atoms with Crippen LogP contribution < -0.4 is 0 Å². The molecule has 0 saturated heterocycles. The van der Waals surface area contributed by atoms with Crippen molar-refractivity contribution in [2.45, 2.75) is 0 Å². The summed E-state index contributed by atoms with van der Waals surface area (Å²) in [6, 6.07) is 67.8. The highest BCUT2D eigenvalue weighted by Crippen LogP contribution is 2.47. The first kappa shape index (κ1) is 27.5. The van der Waals surface area contributed by atoms with Gasteiger partial charge in [-0.2, -0.15) is 0 Å². The second kappa shape index (κ2) is 10.5. The molecule has 0 spiro atoms. The lowest BCUT2D eigenvalue weighted by Gasteiger charge is -2.20. The maximum absolute atomic E-state index is 2.43. The minimum absolute atomic E-state index is 1.26. The first-order valence-corrected chi connectivity index (χ1v) is 17.4. The molecule has 0 heteroatoms. The van der Waals surface area contributed by atoms with E-state index in [2.05, 4.69) is 182 Å². The van der Waals surface area contributed by atoms with Gasteiger partial charge >= 0.3 is 0 Å². The van der Waals surface area contributed by atoms with E-state index in [9.17, 15) is 0 Å². The SMILES string of the molecule is c1cc(-c2c3ccccc3c(-c3cccc4cc5ccc6ccccc6c5cc34)c3ccccc23)c2cc3c(ccc4ccccc43)cc2c1. The highest BCUT2D eigenvalue weighted by Gasteiger charge is 2.20. The molecule has 11 aromatic rings. The van der Waals surface area contributed by atoms with E-state index in [1.165, 1.54) is 108 Å². The average Bonchev–Trinajstić information content (AvgIpc) is 3.18. The van der Waals surface area contributed by atoms with E-state index in [4.69, 9.17) is 0 Å². The molecule has 230 valence electrons. The maximum atomic E-state index is 2.43. The van der Waals surface area contributed by atoms with Gasteiger partial charge in [-0.15, -0.1) is 0 Å². The van der Waals surface area contributed by atoms with E-state index in [0.717, 1.165) is 0 Å². The number of fused-ring (bicyclic) bond motifs is 10. The quantitative estimate of drug-likeness (QED) is 0.132. The topological polar surface area (TPSA) is 0 Å². The average molecular weight is 631 g/mol. The van der Waals surface area contributed by atoms with Crippen molar-refractivity contribution in [3.63, 3.8) is 0 Å². The van der Waals surface area contributed by atoms with Gasteiger partial charge in [0, 0.05) is 0 Å². The van der Waals surface area contributed by atoms with Gasteiger partial charge in [0.1, 0.15) is 0 Å². The fourth-order valence-electron chi connectivity index (χ4n) is 8.71. The third-order valence-electron chi connectivity index (χ3n) is 11.0. The highest BCUT2D eigenvalue weighted by molar-refractivity contribution is 6.27. The Balaban J connectivity index is 1.26. The van der Waals surface area contributed by atoms with Crippen molar-refractivity contribution in [2.75, 3.05) is 0 Å². The van der Waals surface area contributed by atoms with Gasteiger partial charge in [-0.05, 0) is 133 Å². The Bertz CT molecular complexity index is 2930. The van der Waals surface area contributed by atoms with Crippen molar-refractivity contribution in [1.29, 1.82) is 0 Å². The van der Waals surface area contributed by atoms with Gasteiger partial charge in [0.05, 0.1) is 0 Å². The lowest BCUT2D eigenvalue weighted by atomic mass is 9.83. The highest BCUT2D eigenvalue weighted by atomic mass is 14.2. The van der Waals surface area contributed by atoms with Crippen molar-refractivity contribution in [1.82, 2.24) is 0 Å². The summed E-state index contributed by atoms with van der Waals surface area (Å²) in [4.78, 5) is 0. The molecular weight excluding hydrogens is 601 g/mol. The van der Waals surface area contributed by atoms with Crippen molar-refractivity contribution in [2.24, 2.45) is 0 Å². The normalized spacial score (nSPS) is 12.0. The van der Waals surface area contributed by atoms with Crippen LogP contribution in [-0.2, 0) is 0 Å². The lowest BCUT2D eigenvalue weighted by molar-refractivity contribution is 1.70. The fraction of sp³-hybridized carbons (Fsp3) is 0. The standard InChI is InChI=1S/C50H30/c1-3-15-37-31(11-1)23-25-35-27-33-13-9-21-43(47(33)29-45(35)37)49-39-17-5-7-19-41(39)50(42-20-8-6-18-40(42)49)44-22-10-14-34-28-36-26-24-32-12-2-4-16-38(32)46(36)30-48(34)44/h1-30H. The Morgan fingerprint density at radius 1 is 0.180 bits per heavy atom. The molecular formula is C50H30. The molecule has 0 atom stereocenters. The van der Waals surface area contributed by atoms with Gasteiger partial charge in [-0.3, -0.25) is 0 Å². The monoisotopic (exact) mass is 630 g/mol. The molecule has 0 unspecified atom stereocenters. The molecule has 0 amide bonds. The Morgan fingerprint density at radius 2 is 0.500 bits per heavy atom.